The molecule has 12 heavy (non-hydrogen) atoms. The van der Waals surface area contributed by atoms with Gasteiger partial charge in [-0.2, -0.15) is 8.42 Å². The largest absolute Gasteiger partial charge is 1.00 e. The first-order valence-corrected chi connectivity index (χ1v) is 4.62. The zero-order chi connectivity index (χ0) is 8.74. The zero-order valence-corrected chi connectivity index (χ0v) is 8.13. The Morgan fingerprint density at radius 3 is 2.33 bits per heavy atom. The summed E-state index contributed by atoms with van der Waals surface area (Å²) in [5, 5.41) is 0. The van der Waals surface area contributed by atoms with Crippen LogP contribution in [0.5, 0.6) is 0 Å². The van der Waals surface area contributed by atoms with Crippen LogP contribution in [-0.2, 0) is 19.3 Å². The third-order valence-electron chi connectivity index (χ3n) is 0.808. The summed E-state index contributed by atoms with van der Waals surface area (Å²) in [6.45, 7) is 2.53. The Kier molecular flexibility index (Phi) is 10.0. The van der Waals surface area contributed by atoms with E-state index in [1.54, 1.807) is 0 Å². The van der Waals surface area contributed by atoms with E-state index in [-0.39, 0.29) is 33.5 Å². The van der Waals surface area contributed by atoms with Crippen molar-refractivity contribution >= 4 is 10.4 Å². The van der Waals surface area contributed by atoms with Crippen LogP contribution >= 0.6 is 0 Å². The molecule has 0 aromatic carbocycles. The predicted octanol–water partition coefficient (Wildman–Crippen LogP) is -2.65. The first-order valence-electron chi connectivity index (χ1n) is 3.26. The van der Waals surface area contributed by atoms with E-state index in [0.717, 1.165) is 6.42 Å². The Hall–Kier alpha value is 0.427. The number of rotatable bonds is 6. The minimum absolute atomic E-state index is 0. The molecule has 0 heterocycles. The number of hydrogen-bond donors (Lipinski definition) is 1. The molecule has 0 aliphatic rings. The normalized spacial score (nSPS) is 10.8. The van der Waals surface area contributed by atoms with Gasteiger partial charge in [-0.1, -0.05) is 6.92 Å². The second-order valence-corrected chi connectivity index (χ2v) is 2.95. The summed E-state index contributed by atoms with van der Waals surface area (Å²) < 4.78 is 36.8. The van der Waals surface area contributed by atoms with E-state index < -0.39 is 10.4 Å². The fourth-order valence-corrected chi connectivity index (χ4v) is 0.723. The van der Waals surface area contributed by atoms with Crippen LogP contribution in [0.2, 0.25) is 0 Å². The molecule has 1 N–H and O–H groups in total. The van der Waals surface area contributed by atoms with Crippen LogP contribution in [0.4, 0.5) is 0 Å². The molecule has 0 aliphatic carbocycles. The van der Waals surface area contributed by atoms with Gasteiger partial charge >= 0.3 is 29.3 Å². The SMILES string of the molecule is CCCOCCOS(=O)(=O)O.[H-].[Li+]. The summed E-state index contributed by atoms with van der Waals surface area (Å²) in [5.74, 6) is 0. The number of hydrogen-bond acceptors (Lipinski definition) is 4. The fraction of sp³-hybridized carbons (Fsp3) is 1.00. The first-order chi connectivity index (χ1) is 5.06. The van der Waals surface area contributed by atoms with Crippen LogP contribution in [0.3, 0.4) is 0 Å². The Morgan fingerprint density at radius 2 is 1.92 bits per heavy atom. The first kappa shape index (κ1) is 14.9. The van der Waals surface area contributed by atoms with Crippen LogP contribution in [0, 0.1) is 0 Å². The quantitative estimate of drug-likeness (QED) is 0.283. The molecule has 0 bridgehead atoms. The van der Waals surface area contributed by atoms with Gasteiger partial charge in [0, 0.05) is 6.61 Å². The van der Waals surface area contributed by atoms with Crippen LogP contribution in [-0.4, -0.2) is 32.8 Å². The molecule has 0 aromatic heterocycles. The van der Waals surface area contributed by atoms with Gasteiger partial charge in [-0.3, -0.25) is 4.55 Å². The molecule has 0 saturated heterocycles. The van der Waals surface area contributed by atoms with Crippen molar-refractivity contribution in [1.29, 1.82) is 0 Å². The monoisotopic (exact) mass is 192 g/mol. The summed E-state index contributed by atoms with van der Waals surface area (Å²) in [7, 11) is -4.29. The zero-order valence-electron chi connectivity index (χ0n) is 8.32. The van der Waals surface area contributed by atoms with Gasteiger partial charge in [0.25, 0.3) is 0 Å². The molecule has 7 heteroatoms. The molecular weight excluding hydrogens is 179 g/mol. The molecule has 0 rings (SSSR count). The topological polar surface area (TPSA) is 72.8 Å². The van der Waals surface area contributed by atoms with Crippen molar-refractivity contribution in [3.8, 4) is 0 Å². The van der Waals surface area contributed by atoms with Crippen molar-refractivity contribution in [2.75, 3.05) is 19.8 Å². The van der Waals surface area contributed by atoms with Crippen LogP contribution in [0.1, 0.15) is 14.8 Å². The van der Waals surface area contributed by atoms with Crippen molar-refractivity contribution < 1.29 is 42.2 Å². The molecular formula is C5H13LiO5S. The average molecular weight is 192 g/mol. The molecule has 0 saturated carbocycles. The van der Waals surface area contributed by atoms with Crippen molar-refractivity contribution in [3.63, 3.8) is 0 Å². The fourth-order valence-electron chi connectivity index (χ4n) is 0.445. The van der Waals surface area contributed by atoms with E-state index in [9.17, 15) is 8.42 Å². The standard InChI is InChI=1S/C5H12O5S.Li.H/c1-2-3-9-4-5-10-11(6,7)8;;/h2-5H2,1H3,(H,6,7,8);;/q;+1;-1. The Morgan fingerprint density at radius 1 is 1.33 bits per heavy atom. The van der Waals surface area contributed by atoms with Crippen LogP contribution in [0.15, 0.2) is 0 Å². The van der Waals surface area contributed by atoms with Gasteiger partial charge in [0.05, 0.1) is 13.2 Å². The Bertz CT molecular complexity index is 183. The minimum Gasteiger partial charge on any atom is -1.00 e. The van der Waals surface area contributed by atoms with Gasteiger partial charge in [0.2, 0.25) is 0 Å². The van der Waals surface area contributed by atoms with Crippen molar-refractivity contribution in [2.24, 2.45) is 0 Å². The molecule has 5 nitrogen and oxygen atoms in total. The van der Waals surface area contributed by atoms with Gasteiger partial charge < -0.3 is 6.16 Å². The second-order valence-electron chi connectivity index (χ2n) is 1.86. The van der Waals surface area contributed by atoms with Gasteiger partial charge in [-0.15, -0.1) is 0 Å². The molecule has 0 amide bonds. The van der Waals surface area contributed by atoms with E-state index in [2.05, 4.69) is 4.18 Å². The molecule has 0 aliphatic heterocycles. The Labute approximate surface area is 86.0 Å². The van der Waals surface area contributed by atoms with Crippen LogP contribution in [0.25, 0.3) is 0 Å². The van der Waals surface area contributed by atoms with E-state index in [4.69, 9.17) is 9.29 Å². The Balaban J connectivity index is -0.000000500. The van der Waals surface area contributed by atoms with Gasteiger partial charge in [-0.25, -0.2) is 4.18 Å². The minimum atomic E-state index is -4.29. The van der Waals surface area contributed by atoms with Crippen LogP contribution < -0.4 is 18.9 Å². The van der Waals surface area contributed by atoms with Gasteiger partial charge in [-0.05, 0) is 6.42 Å². The molecule has 0 aromatic rings. The van der Waals surface area contributed by atoms with Gasteiger partial charge in [0.1, 0.15) is 0 Å². The van der Waals surface area contributed by atoms with E-state index >= 15 is 0 Å². The molecule has 0 unspecified atom stereocenters. The average Bonchev–Trinajstić information content (AvgIpc) is 1.85. The smallest absolute Gasteiger partial charge is 1.00 e. The molecule has 0 spiro atoms. The molecule has 0 atom stereocenters. The summed E-state index contributed by atoms with van der Waals surface area (Å²) in [5.41, 5.74) is 0. The van der Waals surface area contributed by atoms with Gasteiger partial charge in [0.15, 0.2) is 0 Å². The van der Waals surface area contributed by atoms with Crippen molar-refractivity contribution in [3.05, 3.63) is 0 Å². The van der Waals surface area contributed by atoms with E-state index in [0.29, 0.717) is 6.61 Å². The molecule has 0 radical (unpaired) electrons. The summed E-state index contributed by atoms with van der Waals surface area (Å²) in [4.78, 5) is 0. The maximum Gasteiger partial charge on any atom is 1.00 e. The maximum atomic E-state index is 9.94. The molecule has 70 valence electrons. The molecule has 0 fully saturated rings. The van der Waals surface area contributed by atoms with Crippen molar-refractivity contribution in [1.82, 2.24) is 0 Å². The third-order valence-corrected chi connectivity index (χ3v) is 1.27. The second kappa shape index (κ2) is 8.05. The van der Waals surface area contributed by atoms with Crippen molar-refractivity contribution in [2.45, 2.75) is 13.3 Å². The van der Waals surface area contributed by atoms with E-state index in [1.165, 1.54) is 0 Å². The predicted molar refractivity (Wildman–Crippen MR) is 39.7 cm³/mol. The summed E-state index contributed by atoms with van der Waals surface area (Å²) >= 11 is 0. The maximum absolute atomic E-state index is 9.94. The third kappa shape index (κ3) is 13.0. The summed E-state index contributed by atoms with van der Waals surface area (Å²) in [6.07, 6.45) is 0.867. The number of ether oxygens (including phenoxy) is 1. The van der Waals surface area contributed by atoms with E-state index in [1.807, 2.05) is 6.92 Å². The summed E-state index contributed by atoms with van der Waals surface area (Å²) in [6, 6.07) is 0.